The minimum Gasteiger partial charge on any atom is -0.461 e. The SMILES string of the molecule is CCC(=O)OCC(OC(=O)CC)C(OC)OC(=O)CC. The van der Waals surface area contributed by atoms with Gasteiger partial charge in [0.25, 0.3) is 0 Å². The third-order valence-corrected chi connectivity index (χ3v) is 2.34. The molecular weight excluding hydrogens is 268 g/mol. The highest BCUT2D eigenvalue weighted by atomic mass is 16.7. The molecule has 2 atom stereocenters. The number of hydrogen-bond donors (Lipinski definition) is 0. The first-order valence-electron chi connectivity index (χ1n) is 6.55. The van der Waals surface area contributed by atoms with Crippen LogP contribution in [0.5, 0.6) is 0 Å². The molecule has 116 valence electrons. The minimum absolute atomic E-state index is 0.149. The van der Waals surface area contributed by atoms with Crippen molar-refractivity contribution in [1.29, 1.82) is 0 Å². The standard InChI is InChI=1S/C13H22O7/c1-5-10(14)18-8-9(19-11(15)6-2)13(17-4)20-12(16)7-3/h9,13H,5-8H2,1-4H3. The van der Waals surface area contributed by atoms with Gasteiger partial charge in [0.1, 0.15) is 6.61 Å². The fourth-order valence-electron chi connectivity index (χ4n) is 1.19. The lowest BCUT2D eigenvalue weighted by Gasteiger charge is -2.25. The summed E-state index contributed by atoms with van der Waals surface area (Å²) in [5, 5.41) is 0. The van der Waals surface area contributed by atoms with E-state index in [4.69, 9.17) is 18.9 Å². The van der Waals surface area contributed by atoms with Crippen LogP contribution in [0.15, 0.2) is 0 Å². The number of rotatable bonds is 9. The first-order valence-corrected chi connectivity index (χ1v) is 6.55. The molecule has 0 aliphatic carbocycles. The number of esters is 3. The fraction of sp³-hybridized carbons (Fsp3) is 0.769. The first kappa shape index (κ1) is 18.4. The zero-order valence-corrected chi connectivity index (χ0v) is 12.3. The van der Waals surface area contributed by atoms with Crippen LogP contribution in [-0.2, 0) is 33.3 Å². The molecule has 0 saturated carbocycles. The minimum atomic E-state index is -1.11. The lowest BCUT2D eigenvalue weighted by atomic mass is 10.3. The van der Waals surface area contributed by atoms with E-state index in [2.05, 4.69) is 0 Å². The number of carbonyl (C=O) groups excluding carboxylic acids is 3. The zero-order valence-electron chi connectivity index (χ0n) is 12.3. The van der Waals surface area contributed by atoms with Crippen molar-refractivity contribution in [2.75, 3.05) is 13.7 Å². The van der Waals surface area contributed by atoms with Gasteiger partial charge in [-0.2, -0.15) is 0 Å². The molecule has 0 amide bonds. The normalized spacial score (nSPS) is 13.2. The predicted molar refractivity (Wildman–Crippen MR) is 68.6 cm³/mol. The predicted octanol–water partition coefficient (Wildman–Crippen LogP) is 1.19. The van der Waals surface area contributed by atoms with Crippen LogP contribution in [0.2, 0.25) is 0 Å². The molecule has 0 saturated heterocycles. The van der Waals surface area contributed by atoms with E-state index in [0.29, 0.717) is 0 Å². The molecule has 0 heterocycles. The largest absolute Gasteiger partial charge is 0.461 e. The summed E-state index contributed by atoms with van der Waals surface area (Å²) in [6.07, 6.45) is -1.60. The van der Waals surface area contributed by atoms with Gasteiger partial charge in [-0.3, -0.25) is 14.4 Å². The molecule has 0 radical (unpaired) electrons. The van der Waals surface area contributed by atoms with Crippen LogP contribution in [0.1, 0.15) is 40.0 Å². The van der Waals surface area contributed by atoms with Gasteiger partial charge in [-0.1, -0.05) is 20.8 Å². The molecule has 0 aromatic carbocycles. The van der Waals surface area contributed by atoms with Crippen molar-refractivity contribution >= 4 is 17.9 Å². The molecule has 7 nitrogen and oxygen atoms in total. The van der Waals surface area contributed by atoms with Crippen molar-refractivity contribution in [1.82, 2.24) is 0 Å². The van der Waals surface area contributed by atoms with Crippen LogP contribution in [0, 0.1) is 0 Å². The second-order valence-electron chi connectivity index (χ2n) is 3.87. The maximum atomic E-state index is 11.4. The van der Waals surface area contributed by atoms with Crippen molar-refractivity contribution in [2.45, 2.75) is 52.4 Å². The summed E-state index contributed by atoms with van der Waals surface area (Å²) < 4.78 is 20.0. The molecule has 7 heteroatoms. The van der Waals surface area contributed by atoms with Crippen molar-refractivity contribution in [3.8, 4) is 0 Å². The monoisotopic (exact) mass is 290 g/mol. The Bertz CT molecular complexity index is 327. The molecule has 20 heavy (non-hydrogen) atoms. The van der Waals surface area contributed by atoms with Gasteiger partial charge in [-0.25, -0.2) is 0 Å². The third kappa shape index (κ3) is 7.08. The van der Waals surface area contributed by atoms with Gasteiger partial charge >= 0.3 is 17.9 Å². The summed E-state index contributed by atoms with van der Waals surface area (Å²) in [5.74, 6) is -1.45. The van der Waals surface area contributed by atoms with Crippen molar-refractivity contribution in [3.63, 3.8) is 0 Å². The van der Waals surface area contributed by atoms with E-state index in [0.717, 1.165) is 0 Å². The van der Waals surface area contributed by atoms with Crippen LogP contribution in [0.25, 0.3) is 0 Å². The molecule has 2 unspecified atom stereocenters. The Morgan fingerprint density at radius 1 is 0.850 bits per heavy atom. The quantitative estimate of drug-likeness (QED) is 0.358. The van der Waals surface area contributed by atoms with E-state index < -0.39 is 30.3 Å². The molecule has 0 fully saturated rings. The van der Waals surface area contributed by atoms with Crippen LogP contribution in [-0.4, -0.2) is 44.0 Å². The Labute approximate surface area is 118 Å². The molecular formula is C13H22O7. The lowest BCUT2D eigenvalue weighted by Crippen LogP contribution is -2.40. The van der Waals surface area contributed by atoms with Crippen molar-refractivity contribution < 1.29 is 33.3 Å². The Kier molecular flexibility index (Phi) is 9.36. The van der Waals surface area contributed by atoms with Crippen LogP contribution in [0.3, 0.4) is 0 Å². The Morgan fingerprint density at radius 2 is 1.35 bits per heavy atom. The second-order valence-corrected chi connectivity index (χ2v) is 3.87. The summed E-state index contributed by atoms with van der Waals surface area (Å²) in [6, 6.07) is 0. The van der Waals surface area contributed by atoms with E-state index in [-0.39, 0.29) is 25.9 Å². The summed E-state index contributed by atoms with van der Waals surface area (Å²) in [4.78, 5) is 33.8. The van der Waals surface area contributed by atoms with Crippen LogP contribution in [0.4, 0.5) is 0 Å². The first-order chi connectivity index (χ1) is 9.48. The molecule has 0 rings (SSSR count). The molecule has 0 aliphatic heterocycles. The van der Waals surface area contributed by atoms with E-state index in [1.807, 2.05) is 0 Å². The highest BCUT2D eigenvalue weighted by Gasteiger charge is 2.29. The molecule has 0 spiro atoms. The Balaban J connectivity index is 4.71. The van der Waals surface area contributed by atoms with Crippen LogP contribution < -0.4 is 0 Å². The smallest absolute Gasteiger partial charge is 0.307 e. The zero-order chi connectivity index (χ0) is 15.5. The van der Waals surface area contributed by atoms with Gasteiger partial charge in [0.15, 0.2) is 6.10 Å². The Hall–Kier alpha value is -1.63. The molecule has 0 aromatic rings. The van der Waals surface area contributed by atoms with Crippen molar-refractivity contribution in [2.24, 2.45) is 0 Å². The summed E-state index contributed by atoms with van der Waals surface area (Å²) in [5.41, 5.74) is 0. The van der Waals surface area contributed by atoms with E-state index in [1.54, 1.807) is 20.8 Å². The van der Waals surface area contributed by atoms with E-state index >= 15 is 0 Å². The average Bonchev–Trinajstić information content (AvgIpc) is 2.47. The van der Waals surface area contributed by atoms with E-state index in [1.165, 1.54) is 7.11 Å². The second kappa shape index (κ2) is 10.2. The summed E-state index contributed by atoms with van der Waals surface area (Å²) in [7, 11) is 1.31. The van der Waals surface area contributed by atoms with E-state index in [9.17, 15) is 14.4 Å². The average molecular weight is 290 g/mol. The van der Waals surface area contributed by atoms with Crippen molar-refractivity contribution in [3.05, 3.63) is 0 Å². The molecule has 0 aromatic heterocycles. The highest BCUT2D eigenvalue weighted by molar-refractivity contribution is 5.70. The van der Waals surface area contributed by atoms with Gasteiger partial charge in [-0.15, -0.1) is 0 Å². The third-order valence-electron chi connectivity index (χ3n) is 2.34. The maximum absolute atomic E-state index is 11.4. The Morgan fingerprint density at radius 3 is 1.80 bits per heavy atom. The number of methoxy groups -OCH3 is 1. The molecule has 0 N–H and O–H groups in total. The van der Waals surface area contributed by atoms with Gasteiger partial charge < -0.3 is 18.9 Å². The summed E-state index contributed by atoms with van der Waals surface area (Å²) >= 11 is 0. The van der Waals surface area contributed by atoms with Gasteiger partial charge in [-0.05, 0) is 0 Å². The lowest BCUT2D eigenvalue weighted by molar-refractivity contribution is -0.213. The highest BCUT2D eigenvalue weighted by Crippen LogP contribution is 2.10. The molecule has 0 aliphatic rings. The summed E-state index contributed by atoms with van der Waals surface area (Å²) in [6.45, 7) is 4.66. The van der Waals surface area contributed by atoms with Gasteiger partial charge in [0.2, 0.25) is 6.29 Å². The van der Waals surface area contributed by atoms with Gasteiger partial charge in [0.05, 0.1) is 0 Å². The number of carbonyl (C=O) groups is 3. The van der Waals surface area contributed by atoms with Gasteiger partial charge in [0, 0.05) is 26.4 Å². The number of ether oxygens (including phenoxy) is 4. The fourth-order valence-corrected chi connectivity index (χ4v) is 1.19. The molecule has 0 bridgehead atoms. The number of hydrogen-bond acceptors (Lipinski definition) is 7. The van der Waals surface area contributed by atoms with Crippen LogP contribution >= 0.6 is 0 Å². The topological polar surface area (TPSA) is 88.1 Å². The maximum Gasteiger partial charge on any atom is 0.307 e.